The first-order chi connectivity index (χ1) is 14.5. The number of hydrogen-bond donors (Lipinski definition) is 2. The van der Waals surface area contributed by atoms with Gasteiger partial charge in [-0.15, -0.1) is 0 Å². The molecule has 0 aliphatic carbocycles. The Bertz CT molecular complexity index is 1220. The van der Waals surface area contributed by atoms with Gasteiger partial charge in [0, 0.05) is 11.1 Å². The number of amides is 1. The number of halogens is 1. The quantitative estimate of drug-likeness (QED) is 0.463. The van der Waals surface area contributed by atoms with Crippen LogP contribution in [0.3, 0.4) is 0 Å². The number of benzene rings is 3. The number of rotatable bonds is 4. The van der Waals surface area contributed by atoms with Crippen molar-refractivity contribution in [1.82, 2.24) is 10.3 Å². The number of nitrogens with zero attached hydrogens (tertiary/aromatic N) is 1. The van der Waals surface area contributed by atoms with E-state index >= 15 is 0 Å². The van der Waals surface area contributed by atoms with Crippen LogP contribution in [0, 0.1) is 5.82 Å². The van der Waals surface area contributed by atoms with E-state index in [4.69, 9.17) is 21.4 Å². The molecule has 0 saturated carbocycles. The molecule has 0 aliphatic heterocycles. The van der Waals surface area contributed by atoms with Gasteiger partial charge in [0.1, 0.15) is 17.1 Å². The van der Waals surface area contributed by atoms with Gasteiger partial charge in [-0.2, -0.15) is 0 Å². The van der Waals surface area contributed by atoms with Crippen LogP contribution in [0.2, 0.25) is 0 Å². The fraction of sp³-hybridized carbons (Fsp3) is 0.0455. The fourth-order valence-electron chi connectivity index (χ4n) is 2.89. The molecule has 0 saturated heterocycles. The number of ether oxygens (including phenoxy) is 1. The topological polar surface area (TPSA) is 76.4 Å². The van der Waals surface area contributed by atoms with Crippen LogP contribution in [0.4, 0.5) is 10.1 Å². The third kappa shape index (κ3) is 4.13. The molecule has 30 heavy (non-hydrogen) atoms. The maximum absolute atomic E-state index is 13.3. The number of thiocarbonyl (C=S) groups is 1. The summed E-state index contributed by atoms with van der Waals surface area (Å²) in [5.41, 5.74) is 2.80. The second-order valence-electron chi connectivity index (χ2n) is 6.32. The molecule has 6 nitrogen and oxygen atoms in total. The average molecular weight is 421 g/mol. The average Bonchev–Trinajstić information content (AvgIpc) is 3.18. The van der Waals surface area contributed by atoms with Gasteiger partial charge in [-0.3, -0.25) is 10.1 Å². The van der Waals surface area contributed by atoms with Crippen molar-refractivity contribution in [2.45, 2.75) is 0 Å². The highest BCUT2D eigenvalue weighted by molar-refractivity contribution is 7.80. The summed E-state index contributed by atoms with van der Waals surface area (Å²) < 4.78 is 24.5. The maximum atomic E-state index is 13.3. The molecule has 150 valence electrons. The number of aromatic nitrogens is 1. The summed E-state index contributed by atoms with van der Waals surface area (Å²) in [6.07, 6.45) is 0. The Morgan fingerprint density at radius 2 is 1.93 bits per heavy atom. The molecular formula is C22H16FN3O3S. The van der Waals surface area contributed by atoms with Crippen molar-refractivity contribution in [3.63, 3.8) is 0 Å². The molecule has 0 atom stereocenters. The Morgan fingerprint density at radius 3 is 2.70 bits per heavy atom. The molecule has 0 unspecified atom stereocenters. The van der Waals surface area contributed by atoms with Gasteiger partial charge in [0.05, 0.1) is 12.8 Å². The van der Waals surface area contributed by atoms with Gasteiger partial charge < -0.3 is 14.5 Å². The fourth-order valence-corrected chi connectivity index (χ4v) is 3.10. The Labute approximate surface area is 176 Å². The van der Waals surface area contributed by atoms with Gasteiger partial charge in [0.15, 0.2) is 10.7 Å². The summed E-state index contributed by atoms with van der Waals surface area (Å²) in [6.45, 7) is 0. The predicted molar refractivity (Wildman–Crippen MR) is 116 cm³/mol. The lowest BCUT2D eigenvalue weighted by atomic mass is 10.2. The molecule has 0 spiro atoms. The second kappa shape index (κ2) is 8.30. The first-order valence-corrected chi connectivity index (χ1v) is 9.36. The van der Waals surface area contributed by atoms with Crippen molar-refractivity contribution < 1.29 is 18.3 Å². The largest absolute Gasteiger partial charge is 0.495 e. The summed E-state index contributed by atoms with van der Waals surface area (Å²) in [4.78, 5) is 16.8. The van der Waals surface area contributed by atoms with Crippen LogP contribution >= 0.6 is 12.2 Å². The standard InChI is InChI=1S/C22H16FN3O3S/c1-28-18-10-9-14(21-24-16-7-2-3-8-19(16)29-21)12-17(18)25-22(30)26-20(27)13-5-4-6-15(23)11-13/h2-12H,1H3,(H2,25,26,27,30). The minimum atomic E-state index is -0.527. The second-order valence-corrected chi connectivity index (χ2v) is 6.73. The van der Waals surface area contributed by atoms with Crippen molar-refractivity contribution >= 4 is 40.0 Å². The van der Waals surface area contributed by atoms with E-state index in [1.807, 2.05) is 30.3 Å². The smallest absolute Gasteiger partial charge is 0.257 e. The van der Waals surface area contributed by atoms with Crippen LogP contribution in [0.5, 0.6) is 5.75 Å². The minimum absolute atomic E-state index is 0.0391. The summed E-state index contributed by atoms with van der Waals surface area (Å²) >= 11 is 5.23. The normalized spacial score (nSPS) is 10.6. The van der Waals surface area contributed by atoms with Crippen molar-refractivity contribution in [3.8, 4) is 17.2 Å². The number of para-hydroxylation sites is 2. The van der Waals surface area contributed by atoms with E-state index in [1.165, 1.54) is 25.3 Å². The van der Waals surface area contributed by atoms with E-state index in [-0.39, 0.29) is 10.7 Å². The molecule has 0 radical (unpaired) electrons. The lowest BCUT2D eigenvalue weighted by molar-refractivity contribution is 0.0977. The lowest BCUT2D eigenvalue weighted by Gasteiger charge is -2.13. The van der Waals surface area contributed by atoms with Gasteiger partial charge in [-0.05, 0) is 60.7 Å². The Balaban J connectivity index is 1.56. The van der Waals surface area contributed by atoms with Crippen LogP contribution in [-0.4, -0.2) is 23.1 Å². The van der Waals surface area contributed by atoms with Crippen LogP contribution in [0.1, 0.15) is 10.4 Å². The zero-order valence-electron chi connectivity index (χ0n) is 15.8. The molecule has 1 aromatic heterocycles. The van der Waals surface area contributed by atoms with Crippen molar-refractivity contribution in [3.05, 3.63) is 78.1 Å². The van der Waals surface area contributed by atoms with Gasteiger partial charge in [-0.25, -0.2) is 9.37 Å². The highest BCUT2D eigenvalue weighted by Crippen LogP contribution is 2.31. The summed E-state index contributed by atoms with van der Waals surface area (Å²) in [5.74, 6) is -0.0795. The Hall–Kier alpha value is -3.78. The number of carbonyl (C=O) groups excluding carboxylic acids is 1. The van der Waals surface area contributed by atoms with Gasteiger partial charge in [0.2, 0.25) is 5.89 Å². The predicted octanol–water partition coefficient (Wildman–Crippen LogP) is 4.77. The first kappa shape index (κ1) is 19.5. The monoisotopic (exact) mass is 421 g/mol. The first-order valence-electron chi connectivity index (χ1n) is 8.95. The highest BCUT2D eigenvalue weighted by atomic mass is 32.1. The van der Waals surface area contributed by atoms with E-state index in [0.29, 0.717) is 28.5 Å². The van der Waals surface area contributed by atoms with Crippen molar-refractivity contribution in [2.24, 2.45) is 0 Å². The third-order valence-electron chi connectivity index (χ3n) is 4.30. The number of nitrogens with one attached hydrogen (secondary N) is 2. The van der Waals surface area contributed by atoms with Gasteiger partial charge >= 0.3 is 0 Å². The Morgan fingerprint density at radius 1 is 1.10 bits per heavy atom. The molecule has 4 rings (SSSR count). The number of carbonyl (C=O) groups is 1. The van der Waals surface area contributed by atoms with E-state index in [9.17, 15) is 9.18 Å². The third-order valence-corrected chi connectivity index (χ3v) is 4.51. The van der Waals surface area contributed by atoms with Crippen LogP contribution in [0.15, 0.2) is 71.1 Å². The van der Waals surface area contributed by atoms with Crippen molar-refractivity contribution in [1.29, 1.82) is 0 Å². The number of methoxy groups -OCH3 is 1. The number of hydrogen-bond acceptors (Lipinski definition) is 5. The van der Waals surface area contributed by atoms with Crippen LogP contribution < -0.4 is 15.4 Å². The zero-order chi connectivity index (χ0) is 21.1. The molecular weight excluding hydrogens is 405 g/mol. The molecule has 1 amide bonds. The van der Waals surface area contributed by atoms with Crippen LogP contribution in [0.25, 0.3) is 22.6 Å². The maximum Gasteiger partial charge on any atom is 0.257 e. The van der Waals surface area contributed by atoms with Gasteiger partial charge in [0.25, 0.3) is 5.91 Å². The van der Waals surface area contributed by atoms with E-state index in [0.717, 1.165) is 11.6 Å². The molecule has 2 N–H and O–H groups in total. The molecule has 4 aromatic rings. The Kier molecular flexibility index (Phi) is 5.40. The highest BCUT2D eigenvalue weighted by Gasteiger charge is 2.14. The molecule has 8 heteroatoms. The molecule has 1 heterocycles. The lowest BCUT2D eigenvalue weighted by Crippen LogP contribution is -2.34. The summed E-state index contributed by atoms with van der Waals surface area (Å²) in [5, 5.41) is 5.50. The molecule has 0 aliphatic rings. The number of fused-ring (bicyclic) bond motifs is 1. The van der Waals surface area contributed by atoms with E-state index < -0.39 is 11.7 Å². The summed E-state index contributed by atoms with van der Waals surface area (Å²) in [6, 6.07) is 18.1. The zero-order valence-corrected chi connectivity index (χ0v) is 16.6. The number of oxazole rings is 1. The van der Waals surface area contributed by atoms with Crippen molar-refractivity contribution in [2.75, 3.05) is 12.4 Å². The molecule has 3 aromatic carbocycles. The number of anilines is 1. The van der Waals surface area contributed by atoms with Crippen LogP contribution in [-0.2, 0) is 0 Å². The molecule has 0 fully saturated rings. The summed E-state index contributed by atoms with van der Waals surface area (Å²) in [7, 11) is 1.52. The SMILES string of the molecule is COc1ccc(-c2nc3ccccc3o2)cc1NC(=S)NC(=O)c1cccc(F)c1. The molecule has 0 bridgehead atoms. The van der Waals surface area contributed by atoms with E-state index in [1.54, 1.807) is 12.1 Å². The minimum Gasteiger partial charge on any atom is -0.495 e. The van der Waals surface area contributed by atoms with Gasteiger partial charge in [-0.1, -0.05) is 18.2 Å². The van der Waals surface area contributed by atoms with E-state index in [2.05, 4.69) is 15.6 Å².